The van der Waals surface area contributed by atoms with Gasteiger partial charge in [0.1, 0.15) is 0 Å². The summed E-state index contributed by atoms with van der Waals surface area (Å²) in [6.45, 7) is 0. The lowest BCUT2D eigenvalue weighted by molar-refractivity contribution is 1.09. The van der Waals surface area contributed by atoms with Gasteiger partial charge < -0.3 is 10.7 Å². The van der Waals surface area contributed by atoms with Crippen molar-refractivity contribution in [2.45, 2.75) is 0 Å². The Morgan fingerprint density at radius 1 is 1.40 bits per heavy atom. The Hall–Kier alpha value is -1.31. The van der Waals surface area contributed by atoms with Crippen LogP contribution in [-0.2, 0) is 0 Å². The topological polar surface area (TPSA) is 35.9 Å². The Bertz CT molecular complexity index is 221. The molecule has 0 aromatic rings. The lowest BCUT2D eigenvalue weighted by atomic mass is 10.1. The molecular formula is C8H10N2. The molecule has 0 saturated heterocycles. The highest BCUT2D eigenvalue weighted by molar-refractivity contribution is 6.09. The van der Waals surface area contributed by atoms with Gasteiger partial charge in [-0.2, -0.15) is 0 Å². The molecule has 1 aliphatic carbocycles. The zero-order valence-electron chi connectivity index (χ0n) is 5.89. The van der Waals surface area contributed by atoms with E-state index in [1.54, 1.807) is 6.08 Å². The summed E-state index contributed by atoms with van der Waals surface area (Å²) < 4.78 is 0. The Balaban J connectivity index is 2.80. The normalized spacial score (nSPS) is 20.1. The first-order chi connectivity index (χ1) is 4.84. The van der Waals surface area contributed by atoms with Crippen molar-refractivity contribution in [3.05, 3.63) is 36.1 Å². The summed E-state index contributed by atoms with van der Waals surface area (Å²) in [4.78, 5) is 0. The molecule has 0 saturated carbocycles. The maximum Gasteiger partial charge on any atom is 0.0626 e. The average Bonchev–Trinajstić information content (AvgIpc) is 1.94. The summed E-state index contributed by atoms with van der Waals surface area (Å²) in [5.74, 6) is 0. The fourth-order valence-electron chi connectivity index (χ4n) is 0.778. The van der Waals surface area contributed by atoms with Crippen LogP contribution < -0.4 is 5.32 Å². The summed E-state index contributed by atoms with van der Waals surface area (Å²) in [6.07, 6.45) is 9.25. The SMILES string of the molecule is CN/C=C1/C=CC=CC1=N. The van der Waals surface area contributed by atoms with Crippen LogP contribution in [0.25, 0.3) is 0 Å². The molecule has 0 unspecified atom stereocenters. The van der Waals surface area contributed by atoms with E-state index in [1.807, 2.05) is 31.5 Å². The van der Waals surface area contributed by atoms with Gasteiger partial charge in [0.05, 0.1) is 5.71 Å². The average molecular weight is 134 g/mol. The zero-order chi connectivity index (χ0) is 7.40. The van der Waals surface area contributed by atoms with E-state index in [-0.39, 0.29) is 0 Å². The second-order valence-corrected chi connectivity index (χ2v) is 2.02. The van der Waals surface area contributed by atoms with E-state index < -0.39 is 0 Å². The monoisotopic (exact) mass is 134 g/mol. The standard InChI is InChI=1S/C8H10N2/c1-10-6-7-4-2-3-5-8(7)9/h2-6,9-10H,1H3/b7-6-,9-8?. The molecule has 0 aromatic carbocycles. The molecule has 2 N–H and O–H groups in total. The summed E-state index contributed by atoms with van der Waals surface area (Å²) in [5, 5.41) is 10.3. The molecule has 1 rings (SSSR count). The van der Waals surface area contributed by atoms with Crippen molar-refractivity contribution < 1.29 is 0 Å². The summed E-state index contributed by atoms with van der Waals surface area (Å²) in [5.41, 5.74) is 1.47. The molecule has 0 bridgehead atoms. The van der Waals surface area contributed by atoms with Gasteiger partial charge in [-0.1, -0.05) is 18.2 Å². The van der Waals surface area contributed by atoms with E-state index in [9.17, 15) is 0 Å². The summed E-state index contributed by atoms with van der Waals surface area (Å²) >= 11 is 0. The van der Waals surface area contributed by atoms with Crippen molar-refractivity contribution in [1.82, 2.24) is 5.32 Å². The van der Waals surface area contributed by atoms with Crippen LogP contribution in [0, 0.1) is 5.41 Å². The number of hydrogen-bond acceptors (Lipinski definition) is 2. The molecule has 0 spiro atoms. The first kappa shape index (κ1) is 6.81. The maximum atomic E-state index is 7.40. The minimum Gasteiger partial charge on any atom is -0.393 e. The van der Waals surface area contributed by atoms with Crippen LogP contribution in [0.3, 0.4) is 0 Å². The first-order valence-electron chi connectivity index (χ1n) is 3.15. The highest BCUT2D eigenvalue weighted by atomic mass is 14.8. The van der Waals surface area contributed by atoms with Crippen molar-refractivity contribution in [2.75, 3.05) is 7.05 Å². The third-order valence-corrected chi connectivity index (χ3v) is 1.26. The van der Waals surface area contributed by atoms with Crippen LogP contribution >= 0.6 is 0 Å². The maximum absolute atomic E-state index is 7.40. The van der Waals surface area contributed by atoms with E-state index >= 15 is 0 Å². The molecule has 10 heavy (non-hydrogen) atoms. The molecule has 0 aliphatic heterocycles. The van der Waals surface area contributed by atoms with Gasteiger partial charge in [0.2, 0.25) is 0 Å². The van der Waals surface area contributed by atoms with Gasteiger partial charge in [0.25, 0.3) is 0 Å². The predicted molar refractivity (Wildman–Crippen MR) is 43.1 cm³/mol. The van der Waals surface area contributed by atoms with E-state index in [1.165, 1.54) is 0 Å². The second kappa shape index (κ2) is 3.01. The van der Waals surface area contributed by atoms with E-state index in [4.69, 9.17) is 5.41 Å². The molecule has 0 radical (unpaired) electrons. The van der Waals surface area contributed by atoms with Crippen LogP contribution in [-0.4, -0.2) is 12.8 Å². The summed E-state index contributed by atoms with van der Waals surface area (Å²) in [7, 11) is 1.83. The van der Waals surface area contributed by atoms with Crippen molar-refractivity contribution in [3.8, 4) is 0 Å². The van der Waals surface area contributed by atoms with Gasteiger partial charge in [-0.05, 0) is 6.08 Å². The van der Waals surface area contributed by atoms with Crippen LogP contribution in [0.1, 0.15) is 0 Å². The molecule has 52 valence electrons. The molecule has 1 aliphatic rings. The van der Waals surface area contributed by atoms with Crippen LogP contribution in [0.4, 0.5) is 0 Å². The molecule has 0 heterocycles. The highest BCUT2D eigenvalue weighted by Gasteiger charge is 1.98. The lowest BCUT2D eigenvalue weighted by Gasteiger charge is -2.02. The minimum atomic E-state index is 0.553. The fourth-order valence-corrected chi connectivity index (χ4v) is 0.778. The molecule has 0 fully saturated rings. The van der Waals surface area contributed by atoms with Crippen LogP contribution in [0.5, 0.6) is 0 Å². The quantitative estimate of drug-likeness (QED) is 0.556. The van der Waals surface area contributed by atoms with E-state index in [0.717, 1.165) is 5.57 Å². The first-order valence-corrected chi connectivity index (χ1v) is 3.15. The van der Waals surface area contributed by atoms with Gasteiger partial charge >= 0.3 is 0 Å². The Kier molecular flexibility index (Phi) is 2.05. The van der Waals surface area contributed by atoms with Gasteiger partial charge in [-0.15, -0.1) is 0 Å². The predicted octanol–water partition coefficient (Wildman–Crippen LogP) is 1.24. The Morgan fingerprint density at radius 3 is 2.70 bits per heavy atom. The van der Waals surface area contributed by atoms with Crippen molar-refractivity contribution in [3.63, 3.8) is 0 Å². The molecule has 0 amide bonds. The Morgan fingerprint density at radius 2 is 2.10 bits per heavy atom. The number of rotatable bonds is 1. The summed E-state index contributed by atoms with van der Waals surface area (Å²) in [6, 6.07) is 0. The second-order valence-electron chi connectivity index (χ2n) is 2.02. The lowest BCUT2D eigenvalue weighted by Crippen LogP contribution is -2.03. The highest BCUT2D eigenvalue weighted by Crippen LogP contribution is 2.04. The molecule has 0 atom stereocenters. The largest absolute Gasteiger partial charge is 0.393 e. The molecule has 0 aromatic heterocycles. The smallest absolute Gasteiger partial charge is 0.0626 e. The van der Waals surface area contributed by atoms with Gasteiger partial charge in [-0.25, -0.2) is 0 Å². The molecule has 2 heteroatoms. The third-order valence-electron chi connectivity index (χ3n) is 1.26. The molecule has 2 nitrogen and oxygen atoms in total. The van der Waals surface area contributed by atoms with Crippen molar-refractivity contribution in [2.24, 2.45) is 0 Å². The number of nitrogens with one attached hydrogen (secondary N) is 2. The van der Waals surface area contributed by atoms with Gasteiger partial charge in [0.15, 0.2) is 0 Å². The third kappa shape index (κ3) is 1.35. The van der Waals surface area contributed by atoms with Crippen molar-refractivity contribution >= 4 is 5.71 Å². The fraction of sp³-hybridized carbons (Fsp3) is 0.125. The minimum absolute atomic E-state index is 0.553. The van der Waals surface area contributed by atoms with Crippen LogP contribution in [0.15, 0.2) is 36.1 Å². The Labute approximate surface area is 60.5 Å². The van der Waals surface area contributed by atoms with E-state index in [2.05, 4.69) is 5.32 Å². The zero-order valence-corrected chi connectivity index (χ0v) is 5.89. The van der Waals surface area contributed by atoms with E-state index in [0.29, 0.717) is 5.71 Å². The number of allylic oxidation sites excluding steroid dienone is 5. The van der Waals surface area contributed by atoms with Gasteiger partial charge in [-0.3, -0.25) is 0 Å². The molecular weight excluding hydrogens is 124 g/mol. The van der Waals surface area contributed by atoms with Crippen molar-refractivity contribution in [1.29, 1.82) is 5.41 Å². The van der Waals surface area contributed by atoms with Crippen LogP contribution in [0.2, 0.25) is 0 Å². The van der Waals surface area contributed by atoms with Gasteiger partial charge in [0, 0.05) is 18.8 Å². The number of hydrogen-bond donors (Lipinski definition) is 2.